The fourth-order valence-corrected chi connectivity index (χ4v) is 21.6. The van der Waals surface area contributed by atoms with E-state index >= 15 is 0 Å². The molecule has 0 saturated heterocycles. The molecule has 0 fully saturated rings. The van der Waals surface area contributed by atoms with Gasteiger partial charge in [-0.05, 0) is 386 Å². The van der Waals surface area contributed by atoms with Gasteiger partial charge in [0.15, 0.2) is 0 Å². The molecule has 0 amide bonds. The minimum atomic E-state index is 1.04. The van der Waals surface area contributed by atoms with E-state index in [0.29, 0.717) is 0 Å². The molecule has 148 heavy (non-hydrogen) atoms. The quantitative estimate of drug-likeness (QED) is 0.0353. The Morgan fingerprint density at radius 3 is 0.554 bits per heavy atom. The molecule has 0 heterocycles. The van der Waals surface area contributed by atoms with Crippen molar-refractivity contribution in [2.75, 3.05) is 19.6 Å². The van der Waals surface area contributed by atoms with Crippen LogP contribution in [0.3, 0.4) is 0 Å². The van der Waals surface area contributed by atoms with Crippen molar-refractivity contribution in [2.45, 2.75) is 237 Å². The Hall–Kier alpha value is -14.8. The summed E-state index contributed by atoms with van der Waals surface area (Å²) in [6.45, 7) is 26.9. The predicted molar refractivity (Wildman–Crippen MR) is 643 cm³/mol. The molecule has 0 aliphatic carbocycles. The third-order valence-corrected chi connectivity index (χ3v) is 29.9. The lowest BCUT2D eigenvalue weighted by molar-refractivity contribution is 0.606. The summed E-state index contributed by atoms with van der Waals surface area (Å²) in [7, 11) is 0. The monoisotopic (exact) mass is 1940 g/mol. The maximum absolute atomic E-state index is 2.61. The predicted octanol–water partition coefficient (Wildman–Crippen LogP) is 43.1. The first-order valence-electron chi connectivity index (χ1n) is 55.4. The number of benzene rings is 18. The first kappa shape index (κ1) is 105. The van der Waals surface area contributed by atoms with Crippen molar-refractivity contribution < 1.29 is 0 Å². The summed E-state index contributed by atoms with van der Waals surface area (Å²) in [5.74, 6) is 0. The Bertz CT molecular complexity index is 6850. The van der Waals surface area contributed by atoms with E-state index in [2.05, 4.69) is 515 Å². The van der Waals surface area contributed by atoms with Crippen LogP contribution in [-0.2, 0) is 25.7 Å². The van der Waals surface area contributed by atoms with Crippen LogP contribution >= 0.6 is 0 Å². The molecule has 4 nitrogen and oxygen atoms in total. The summed E-state index contributed by atoms with van der Waals surface area (Å²) in [6.07, 6.45) is 29.2. The molecule has 0 bridgehead atoms. The second-order valence-corrected chi connectivity index (χ2v) is 41.3. The van der Waals surface area contributed by atoms with Crippen molar-refractivity contribution >= 4 is 68.2 Å². The summed E-state index contributed by atoms with van der Waals surface area (Å²) in [5, 5.41) is 0. The highest BCUT2D eigenvalue weighted by molar-refractivity contribution is 5.90. The average molecular weight is 1940 g/mol. The molecule has 0 N–H and O–H groups in total. The molecule has 18 rings (SSSR count). The molecule has 0 atom stereocenters. The molecule has 0 radical (unpaired) electrons. The highest BCUT2D eigenvalue weighted by Gasteiger charge is 2.25. The minimum absolute atomic E-state index is 1.04. The molecule has 0 aliphatic heterocycles. The van der Waals surface area contributed by atoms with Gasteiger partial charge in [-0.1, -0.05) is 420 Å². The van der Waals surface area contributed by atoms with Gasteiger partial charge >= 0.3 is 0 Å². The van der Waals surface area contributed by atoms with Crippen molar-refractivity contribution in [2.24, 2.45) is 0 Å². The van der Waals surface area contributed by atoms with E-state index in [1.54, 1.807) is 0 Å². The Kier molecular flexibility index (Phi) is 36.7. The highest BCUT2D eigenvalue weighted by Crippen LogP contribution is 2.48. The Labute approximate surface area is 887 Å². The topological polar surface area (TPSA) is 13.0 Å². The molecular formula is C144H152N4. The van der Waals surface area contributed by atoms with Crippen molar-refractivity contribution in [3.63, 3.8) is 0 Å². The fourth-order valence-electron chi connectivity index (χ4n) is 21.6. The molecule has 0 aliphatic rings. The first-order valence-corrected chi connectivity index (χ1v) is 55.4. The van der Waals surface area contributed by atoms with Crippen LogP contribution < -0.4 is 19.6 Å². The molecule has 18 aromatic rings. The van der Waals surface area contributed by atoms with E-state index in [4.69, 9.17) is 0 Å². The van der Waals surface area contributed by atoms with Crippen LogP contribution in [0.5, 0.6) is 0 Å². The van der Waals surface area contributed by atoms with Gasteiger partial charge in [-0.15, -0.1) is 0 Å². The zero-order chi connectivity index (χ0) is 102. The van der Waals surface area contributed by atoms with E-state index in [0.717, 1.165) is 93.9 Å². The molecule has 748 valence electrons. The van der Waals surface area contributed by atoms with E-state index in [1.165, 1.54) is 284 Å². The van der Waals surface area contributed by atoms with Crippen molar-refractivity contribution in [1.82, 2.24) is 0 Å². The van der Waals surface area contributed by atoms with Crippen LogP contribution in [0.4, 0.5) is 68.2 Å². The SMILES string of the molecule is CCCCCCCCc1cc(-c2cccc(N(c3ccc(C)cc3)c3ccc(-c4ccccc4)c(C)c3)c2)c(CCCCCCCC)cc1-c1cccc(N(c2ccc(C)cc2)c2ccc(-c3ccccc3)c(C)c2)c1.CCCCCCc1cc(-c2ccc(N(c3ccc(C)cc3)c3ccc(-c4ccccc4)c(C)c3)cc2)c(CCCCCC)cc1-c1ccc(N(c2ccc(C)cc2)c2ccc(-c3ccccc3)c(C)c2)cc1. The van der Waals surface area contributed by atoms with Gasteiger partial charge in [-0.25, -0.2) is 0 Å². The lowest BCUT2D eigenvalue weighted by Crippen LogP contribution is -2.11. The Morgan fingerprint density at radius 1 is 0.135 bits per heavy atom. The summed E-state index contributed by atoms with van der Waals surface area (Å²) in [6, 6.07) is 155. The third kappa shape index (κ3) is 26.6. The standard InChI is InChI=1S/C74H80N2.C70H72N2/c1-7-9-11-13-15-19-31-63-53-74(62-34-26-36-68(52-62)76(66-43-39-56(4)40-44-66)70-46-48-72(58(6)50-70)60-29-23-18-24-30-60)64(32-20-16-14-12-10-8-2)54-73(63)61-33-25-35-67(51-61)75(65-41-37-55(3)38-42-65)69-45-47-71(57(5)49-69)59-27-21-17-22-28-59;1-7-9-11-15-25-59-49-70(58-33-41-64(42-34-58)72(62-37-29-52(4)30-38-62)66-44-46-68(54(6)48-66)56-23-19-14-20-24-56)60(26-16-12-10-8-2)50-69(59)57-31-39-63(40-32-57)71(61-35-27-51(3)28-36-61)65-43-45-67(53(5)47-65)55-21-17-13-18-22-55/h17-18,21-30,33-54H,7-16,19-20,31-32H2,1-6H3;13-14,17-24,27-50H,7-12,15-16,25-26H2,1-6H3. The van der Waals surface area contributed by atoms with Crippen LogP contribution in [0.25, 0.3) is 89.0 Å². The summed E-state index contributed by atoms with van der Waals surface area (Å²) in [4.78, 5) is 9.71. The van der Waals surface area contributed by atoms with Crippen molar-refractivity contribution in [3.05, 3.63) is 479 Å². The number of hydrogen-bond donors (Lipinski definition) is 0. The zero-order valence-electron chi connectivity index (χ0n) is 90.0. The first-order chi connectivity index (χ1) is 72.5. The van der Waals surface area contributed by atoms with E-state index in [9.17, 15) is 0 Å². The van der Waals surface area contributed by atoms with E-state index < -0.39 is 0 Å². The van der Waals surface area contributed by atoms with Crippen LogP contribution in [0.1, 0.15) is 223 Å². The lowest BCUT2D eigenvalue weighted by Gasteiger charge is -2.28. The molecule has 0 spiro atoms. The van der Waals surface area contributed by atoms with E-state index in [-0.39, 0.29) is 0 Å². The number of nitrogens with zero attached hydrogens (tertiary/aromatic N) is 4. The maximum atomic E-state index is 2.61. The van der Waals surface area contributed by atoms with Crippen LogP contribution in [-0.4, -0.2) is 0 Å². The molecular weight excluding hydrogens is 1790 g/mol. The summed E-state index contributed by atoms with van der Waals surface area (Å²) >= 11 is 0. The number of rotatable bonds is 44. The largest absolute Gasteiger partial charge is 0.310 e. The fraction of sp³-hybridized carbons (Fsp3) is 0.250. The number of anilines is 12. The van der Waals surface area contributed by atoms with Crippen LogP contribution in [0.15, 0.2) is 413 Å². The molecule has 0 saturated carbocycles. The Balaban J connectivity index is 0.000000202. The summed E-state index contributed by atoms with van der Waals surface area (Å²) < 4.78 is 0. The molecule has 4 heteroatoms. The number of aryl methyl sites for hydroxylation is 12. The van der Waals surface area contributed by atoms with Gasteiger partial charge in [-0.2, -0.15) is 0 Å². The van der Waals surface area contributed by atoms with Gasteiger partial charge in [-0.3, -0.25) is 0 Å². The smallest absolute Gasteiger partial charge is 0.0467 e. The maximum Gasteiger partial charge on any atom is 0.0467 e. The highest BCUT2D eigenvalue weighted by atomic mass is 15.2. The van der Waals surface area contributed by atoms with Gasteiger partial charge in [0.05, 0.1) is 0 Å². The average Bonchev–Trinajstić information content (AvgIpc) is 0.876. The van der Waals surface area contributed by atoms with Gasteiger partial charge < -0.3 is 19.6 Å². The number of hydrogen-bond acceptors (Lipinski definition) is 4. The van der Waals surface area contributed by atoms with Gasteiger partial charge in [0.1, 0.15) is 0 Å². The normalized spacial score (nSPS) is 11.2. The van der Waals surface area contributed by atoms with Gasteiger partial charge in [0.25, 0.3) is 0 Å². The number of unbranched alkanes of at least 4 members (excludes halogenated alkanes) is 16. The molecule has 18 aromatic carbocycles. The van der Waals surface area contributed by atoms with Gasteiger partial charge in [0.2, 0.25) is 0 Å². The third-order valence-electron chi connectivity index (χ3n) is 29.9. The van der Waals surface area contributed by atoms with Crippen molar-refractivity contribution in [3.8, 4) is 89.0 Å². The molecule has 0 unspecified atom stereocenters. The van der Waals surface area contributed by atoms with Crippen LogP contribution in [0.2, 0.25) is 0 Å². The van der Waals surface area contributed by atoms with Gasteiger partial charge in [0, 0.05) is 68.2 Å². The zero-order valence-corrected chi connectivity index (χ0v) is 90.0. The summed E-state index contributed by atoms with van der Waals surface area (Å²) in [5.41, 5.74) is 50.3. The second kappa shape index (κ2) is 52.0. The molecule has 0 aromatic heterocycles. The van der Waals surface area contributed by atoms with Crippen LogP contribution in [0, 0.1) is 55.4 Å². The minimum Gasteiger partial charge on any atom is -0.310 e. The Morgan fingerprint density at radius 2 is 0.318 bits per heavy atom. The second-order valence-electron chi connectivity index (χ2n) is 41.3. The van der Waals surface area contributed by atoms with Crippen molar-refractivity contribution in [1.29, 1.82) is 0 Å². The van der Waals surface area contributed by atoms with E-state index in [1.807, 2.05) is 0 Å². The lowest BCUT2D eigenvalue weighted by atomic mass is 9.86.